The summed E-state index contributed by atoms with van der Waals surface area (Å²) in [5, 5.41) is 1.95. The molecule has 0 aromatic heterocycles. The summed E-state index contributed by atoms with van der Waals surface area (Å²) in [6.45, 7) is 4.08. The minimum Gasteiger partial charge on any atom is -0.289 e. The number of rotatable bonds is 5. The maximum Gasteiger partial charge on any atom is 0.246 e. The molecular formula is C19H28FN3O3S. The van der Waals surface area contributed by atoms with E-state index in [0.29, 0.717) is 24.9 Å². The number of nitrogens with one attached hydrogen (secondary N) is 1. The van der Waals surface area contributed by atoms with Gasteiger partial charge in [-0.1, -0.05) is 12.5 Å². The van der Waals surface area contributed by atoms with E-state index >= 15 is 0 Å². The molecule has 2 aliphatic heterocycles. The van der Waals surface area contributed by atoms with E-state index < -0.39 is 15.8 Å². The lowest BCUT2D eigenvalue weighted by Gasteiger charge is -2.33. The van der Waals surface area contributed by atoms with Crippen LogP contribution in [0.4, 0.5) is 4.39 Å². The fraction of sp³-hybridized carbons (Fsp3) is 0.632. The summed E-state index contributed by atoms with van der Waals surface area (Å²) in [6, 6.07) is 4.12. The second-order valence-electron chi connectivity index (χ2n) is 7.59. The molecule has 8 heteroatoms. The van der Waals surface area contributed by atoms with Gasteiger partial charge in [0.05, 0.1) is 0 Å². The van der Waals surface area contributed by atoms with Gasteiger partial charge in [-0.2, -0.15) is 4.31 Å². The summed E-state index contributed by atoms with van der Waals surface area (Å²) < 4.78 is 41.2. The number of carbonyl (C=O) groups excluding carboxylic acids is 1. The monoisotopic (exact) mass is 397 g/mol. The molecule has 0 radical (unpaired) electrons. The van der Waals surface area contributed by atoms with Gasteiger partial charge in [0.25, 0.3) is 0 Å². The molecular weight excluding hydrogens is 369 g/mol. The quantitative estimate of drug-likeness (QED) is 0.829. The molecule has 1 aromatic rings. The Morgan fingerprint density at radius 1 is 1.19 bits per heavy atom. The van der Waals surface area contributed by atoms with E-state index in [0.717, 1.165) is 32.4 Å². The lowest BCUT2D eigenvalue weighted by molar-refractivity contribution is -0.127. The van der Waals surface area contributed by atoms with E-state index in [-0.39, 0.29) is 23.3 Å². The van der Waals surface area contributed by atoms with E-state index in [9.17, 15) is 17.6 Å². The predicted octanol–water partition coefficient (Wildman–Crippen LogP) is 2.44. The molecule has 0 spiro atoms. The highest BCUT2D eigenvalue weighted by atomic mass is 32.2. The Kier molecular flexibility index (Phi) is 6.49. The summed E-state index contributed by atoms with van der Waals surface area (Å²) in [5.41, 5.74) is 3.63. The van der Waals surface area contributed by atoms with Gasteiger partial charge in [0.15, 0.2) is 0 Å². The highest BCUT2D eigenvalue weighted by Gasteiger charge is 2.33. The molecule has 2 heterocycles. The Morgan fingerprint density at radius 2 is 1.93 bits per heavy atom. The van der Waals surface area contributed by atoms with E-state index in [1.54, 1.807) is 13.0 Å². The van der Waals surface area contributed by atoms with Crippen LogP contribution in [0.25, 0.3) is 0 Å². The molecule has 1 atom stereocenters. The van der Waals surface area contributed by atoms with Crippen LogP contribution >= 0.6 is 0 Å². The highest BCUT2D eigenvalue weighted by Crippen LogP contribution is 2.27. The van der Waals surface area contributed by atoms with Crippen LogP contribution in [-0.4, -0.2) is 49.8 Å². The molecule has 1 N–H and O–H groups in total. The lowest BCUT2D eigenvalue weighted by atomic mass is 9.96. The number of nitrogens with zero attached hydrogens (tertiary/aromatic N) is 2. The third-order valence-corrected chi connectivity index (χ3v) is 7.18. The second-order valence-corrected chi connectivity index (χ2v) is 9.50. The fourth-order valence-electron chi connectivity index (χ4n) is 3.85. The van der Waals surface area contributed by atoms with Crippen LogP contribution in [0, 0.1) is 18.7 Å². The first-order chi connectivity index (χ1) is 12.9. The Balaban J connectivity index is 1.63. The van der Waals surface area contributed by atoms with Crippen molar-refractivity contribution in [1.82, 2.24) is 14.7 Å². The summed E-state index contributed by atoms with van der Waals surface area (Å²) in [4.78, 5) is 12.0. The molecule has 27 heavy (non-hydrogen) atoms. The number of hydrogen-bond acceptors (Lipinski definition) is 4. The molecule has 150 valence electrons. The zero-order valence-corrected chi connectivity index (χ0v) is 16.6. The van der Waals surface area contributed by atoms with Crippen molar-refractivity contribution in [2.45, 2.75) is 50.3 Å². The highest BCUT2D eigenvalue weighted by molar-refractivity contribution is 7.89. The Morgan fingerprint density at radius 3 is 2.67 bits per heavy atom. The van der Waals surface area contributed by atoms with Crippen molar-refractivity contribution < 1.29 is 17.6 Å². The first-order valence-electron chi connectivity index (χ1n) is 9.67. The number of hydrogen-bond donors (Lipinski definition) is 1. The lowest BCUT2D eigenvalue weighted by Crippen LogP contribution is -2.47. The first-order valence-corrected chi connectivity index (χ1v) is 11.1. The molecule has 2 aliphatic rings. The van der Waals surface area contributed by atoms with Crippen LogP contribution in [0.15, 0.2) is 23.1 Å². The third-order valence-electron chi connectivity index (χ3n) is 5.30. The Hall–Kier alpha value is -1.51. The number of halogens is 1. The molecule has 1 aromatic carbocycles. The first kappa shape index (κ1) is 20.2. The van der Waals surface area contributed by atoms with Gasteiger partial charge >= 0.3 is 0 Å². The Labute approximate surface area is 160 Å². The molecule has 0 bridgehead atoms. The zero-order chi connectivity index (χ0) is 19.4. The molecule has 2 fully saturated rings. The van der Waals surface area contributed by atoms with Gasteiger partial charge in [-0.15, -0.1) is 0 Å². The summed E-state index contributed by atoms with van der Waals surface area (Å²) >= 11 is 0. The number of piperidine rings is 2. The zero-order valence-electron chi connectivity index (χ0n) is 15.8. The summed E-state index contributed by atoms with van der Waals surface area (Å²) in [6.07, 6.45) is 5.12. The minimum absolute atomic E-state index is 0.0498. The third kappa shape index (κ3) is 5.06. The van der Waals surface area contributed by atoms with Gasteiger partial charge in [-0.3, -0.25) is 10.2 Å². The van der Waals surface area contributed by atoms with Crippen molar-refractivity contribution in [3.05, 3.63) is 29.6 Å². The number of benzene rings is 1. The van der Waals surface area contributed by atoms with E-state index in [1.807, 2.05) is 5.01 Å². The van der Waals surface area contributed by atoms with Crippen LogP contribution < -0.4 is 5.43 Å². The van der Waals surface area contributed by atoms with Crippen LogP contribution in [-0.2, 0) is 14.8 Å². The van der Waals surface area contributed by atoms with Crippen molar-refractivity contribution in [3.63, 3.8) is 0 Å². The van der Waals surface area contributed by atoms with Gasteiger partial charge in [-0.05, 0) is 56.2 Å². The SMILES string of the molecule is Cc1ccc(F)c(S(=O)(=O)N2CCCC(CC(=O)NN3CCCCC3)C2)c1. The standard InChI is InChI=1S/C19H28FN3O3S/c1-15-7-8-17(20)18(12-15)27(25,26)23-11-5-6-16(14-23)13-19(24)21-22-9-3-2-4-10-22/h7-8,12,16H,2-6,9-11,13-14H2,1H3,(H,21,24). The van der Waals surface area contributed by atoms with Crippen LogP contribution in [0.1, 0.15) is 44.1 Å². The number of aryl methyl sites for hydroxylation is 1. The molecule has 2 saturated heterocycles. The second kappa shape index (κ2) is 8.67. The molecule has 3 rings (SSSR count). The topological polar surface area (TPSA) is 69.7 Å². The molecule has 1 amide bonds. The van der Waals surface area contributed by atoms with Crippen molar-refractivity contribution in [1.29, 1.82) is 0 Å². The predicted molar refractivity (Wildman–Crippen MR) is 101 cm³/mol. The smallest absolute Gasteiger partial charge is 0.246 e. The summed E-state index contributed by atoms with van der Waals surface area (Å²) in [5.74, 6) is -0.848. The number of hydrazine groups is 1. The maximum atomic E-state index is 14.1. The number of amides is 1. The van der Waals surface area contributed by atoms with Gasteiger partial charge < -0.3 is 0 Å². The van der Waals surface area contributed by atoms with Crippen molar-refractivity contribution in [3.8, 4) is 0 Å². The summed E-state index contributed by atoms with van der Waals surface area (Å²) in [7, 11) is -3.89. The van der Waals surface area contributed by atoms with Crippen LogP contribution in [0.5, 0.6) is 0 Å². The largest absolute Gasteiger partial charge is 0.289 e. The van der Waals surface area contributed by atoms with Crippen molar-refractivity contribution >= 4 is 15.9 Å². The molecule has 6 nitrogen and oxygen atoms in total. The Bertz CT molecular complexity index is 778. The van der Waals surface area contributed by atoms with Crippen LogP contribution in [0.3, 0.4) is 0 Å². The molecule has 0 aliphatic carbocycles. The number of sulfonamides is 1. The fourth-order valence-corrected chi connectivity index (χ4v) is 5.55. The minimum atomic E-state index is -3.89. The molecule has 1 unspecified atom stereocenters. The maximum absolute atomic E-state index is 14.1. The van der Waals surface area contributed by atoms with Gasteiger partial charge in [0.1, 0.15) is 10.7 Å². The normalized spacial score (nSPS) is 22.5. The average Bonchev–Trinajstić information content (AvgIpc) is 2.64. The van der Waals surface area contributed by atoms with Crippen molar-refractivity contribution in [2.75, 3.05) is 26.2 Å². The van der Waals surface area contributed by atoms with Gasteiger partial charge in [0.2, 0.25) is 15.9 Å². The average molecular weight is 398 g/mol. The van der Waals surface area contributed by atoms with E-state index in [1.165, 1.54) is 22.9 Å². The molecule has 0 saturated carbocycles. The van der Waals surface area contributed by atoms with Gasteiger partial charge in [-0.25, -0.2) is 17.8 Å². The van der Waals surface area contributed by atoms with Crippen LogP contribution in [0.2, 0.25) is 0 Å². The van der Waals surface area contributed by atoms with Crippen molar-refractivity contribution in [2.24, 2.45) is 5.92 Å². The van der Waals surface area contributed by atoms with E-state index in [2.05, 4.69) is 5.43 Å². The van der Waals surface area contributed by atoms with Gasteiger partial charge in [0, 0.05) is 32.6 Å². The van der Waals surface area contributed by atoms with E-state index in [4.69, 9.17) is 0 Å². The number of carbonyl (C=O) groups is 1.